The van der Waals surface area contributed by atoms with Crippen molar-refractivity contribution in [3.63, 3.8) is 0 Å². The summed E-state index contributed by atoms with van der Waals surface area (Å²) in [5.41, 5.74) is 17.9. The van der Waals surface area contributed by atoms with Gasteiger partial charge in [-0.25, -0.2) is 0 Å². The van der Waals surface area contributed by atoms with E-state index in [1.54, 1.807) is 0 Å². The molecule has 0 fully saturated rings. The molecule has 1 aliphatic carbocycles. The van der Waals surface area contributed by atoms with Gasteiger partial charge in [0.05, 0.1) is 0 Å². The Morgan fingerprint density at radius 1 is 0.620 bits per heavy atom. The molecule has 6 aromatic carbocycles. The highest BCUT2D eigenvalue weighted by Crippen LogP contribution is 2.39. The van der Waals surface area contributed by atoms with Crippen LogP contribution in [0, 0.1) is 5.92 Å². The third-order valence-corrected chi connectivity index (χ3v) is 9.86. The number of fused-ring (bicyclic) bond motifs is 2. The van der Waals surface area contributed by atoms with Crippen LogP contribution in [0.2, 0.25) is 0 Å². The van der Waals surface area contributed by atoms with Crippen molar-refractivity contribution in [1.82, 2.24) is 0 Å². The summed E-state index contributed by atoms with van der Waals surface area (Å²) in [4.78, 5) is 0. The maximum absolute atomic E-state index is 6.86. The van der Waals surface area contributed by atoms with Crippen LogP contribution in [0.5, 0.6) is 11.5 Å². The van der Waals surface area contributed by atoms with Crippen molar-refractivity contribution >= 4 is 28.6 Å². The molecule has 50 heavy (non-hydrogen) atoms. The van der Waals surface area contributed by atoms with Gasteiger partial charge in [-0.05, 0) is 142 Å². The number of hydrogen-bond acceptors (Lipinski definition) is 2. The fourth-order valence-electron chi connectivity index (χ4n) is 6.86. The molecular weight excluding hydrogens is 607 g/mol. The SMILES string of the molecule is CCC(/C=C/Cc1ccccc1Oc1ccc(-c2cc(-c3ccc4c(c3)/C=C/CC/C=C\4)cc(-c3ccc4ccccc4c3)c2)c(N)c1)CC. The normalized spacial score (nSPS) is 14.0. The fourth-order valence-corrected chi connectivity index (χ4v) is 6.86. The molecular formula is C48H45NO. The lowest BCUT2D eigenvalue weighted by Crippen LogP contribution is -1.95. The van der Waals surface area contributed by atoms with Crippen LogP contribution in [0.3, 0.4) is 0 Å². The topological polar surface area (TPSA) is 35.2 Å². The molecule has 0 atom stereocenters. The van der Waals surface area contributed by atoms with Gasteiger partial charge in [-0.1, -0.05) is 117 Å². The summed E-state index contributed by atoms with van der Waals surface area (Å²) in [6.07, 6.45) is 18.9. The molecule has 0 saturated carbocycles. The Labute approximate surface area is 297 Å². The van der Waals surface area contributed by atoms with Crippen molar-refractivity contribution in [2.45, 2.75) is 46.0 Å². The van der Waals surface area contributed by atoms with Crippen molar-refractivity contribution < 1.29 is 4.74 Å². The number of ether oxygens (including phenoxy) is 1. The van der Waals surface area contributed by atoms with Crippen LogP contribution in [0.4, 0.5) is 5.69 Å². The van der Waals surface area contributed by atoms with Gasteiger partial charge in [0.2, 0.25) is 0 Å². The maximum Gasteiger partial charge on any atom is 0.130 e. The molecule has 0 aromatic heterocycles. The smallest absolute Gasteiger partial charge is 0.130 e. The molecule has 248 valence electrons. The first-order chi connectivity index (χ1) is 24.6. The van der Waals surface area contributed by atoms with Gasteiger partial charge in [0.1, 0.15) is 11.5 Å². The van der Waals surface area contributed by atoms with Gasteiger partial charge in [-0.3, -0.25) is 0 Å². The first-order valence-electron chi connectivity index (χ1n) is 18.0. The van der Waals surface area contributed by atoms with Gasteiger partial charge in [-0.2, -0.15) is 0 Å². The molecule has 0 saturated heterocycles. The highest BCUT2D eigenvalue weighted by molar-refractivity contribution is 5.91. The average molecular weight is 652 g/mol. The van der Waals surface area contributed by atoms with Gasteiger partial charge in [0.15, 0.2) is 0 Å². The number of allylic oxidation sites excluding steroid dienone is 4. The zero-order valence-electron chi connectivity index (χ0n) is 29.1. The third-order valence-electron chi connectivity index (χ3n) is 9.86. The van der Waals surface area contributed by atoms with Crippen molar-refractivity contribution in [2.75, 3.05) is 5.73 Å². The molecule has 2 nitrogen and oxygen atoms in total. The Balaban J connectivity index is 1.25. The molecule has 0 aliphatic heterocycles. The lowest BCUT2D eigenvalue weighted by molar-refractivity contribution is 0.478. The molecule has 0 radical (unpaired) electrons. The van der Waals surface area contributed by atoms with Gasteiger partial charge < -0.3 is 10.5 Å². The monoisotopic (exact) mass is 651 g/mol. The predicted molar refractivity (Wildman–Crippen MR) is 215 cm³/mol. The zero-order valence-corrected chi connectivity index (χ0v) is 29.1. The first-order valence-corrected chi connectivity index (χ1v) is 18.0. The number of benzene rings is 6. The van der Waals surface area contributed by atoms with Crippen molar-refractivity contribution in [2.24, 2.45) is 5.92 Å². The van der Waals surface area contributed by atoms with Crippen LogP contribution in [-0.2, 0) is 6.42 Å². The maximum atomic E-state index is 6.86. The van der Waals surface area contributed by atoms with Crippen LogP contribution in [0.15, 0.2) is 146 Å². The van der Waals surface area contributed by atoms with Crippen LogP contribution < -0.4 is 10.5 Å². The van der Waals surface area contributed by atoms with Gasteiger partial charge in [-0.15, -0.1) is 0 Å². The second-order valence-corrected chi connectivity index (χ2v) is 13.3. The molecule has 0 amide bonds. The van der Waals surface area contributed by atoms with Crippen molar-refractivity contribution in [1.29, 1.82) is 0 Å². The molecule has 0 heterocycles. The minimum Gasteiger partial charge on any atom is -0.457 e. The number of rotatable bonds is 10. The van der Waals surface area contributed by atoms with Crippen LogP contribution >= 0.6 is 0 Å². The number of nitrogen functional groups attached to an aromatic ring is 1. The Hall–Kier alpha value is -5.60. The highest BCUT2D eigenvalue weighted by atomic mass is 16.5. The quantitative estimate of drug-likeness (QED) is 0.118. The van der Waals surface area contributed by atoms with Crippen LogP contribution in [-0.4, -0.2) is 0 Å². The second-order valence-electron chi connectivity index (χ2n) is 13.3. The van der Waals surface area contributed by atoms with E-state index in [9.17, 15) is 0 Å². The lowest BCUT2D eigenvalue weighted by Gasteiger charge is -2.16. The van der Waals surface area contributed by atoms with Crippen molar-refractivity contribution in [3.8, 4) is 44.9 Å². The highest BCUT2D eigenvalue weighted by Gasteiger charge is 2.13. The molecule has 2 heteroatoms. The average Bonchev–Trinajstić information content (AvgIpc) is 3.14. The van der Waals surface area contributed by atoms with E-state index in [0.29, 0.717) is 11.6 Å². The van der Waals surface area contributed by atoms with Crippen molar-refractivity contribution in [3.05, 3.63) is 162 Å². The number of nitrogens with two attached hydrogens (primary N) is 1. The molecule has 1 aliphatic rings. The number of hydrogen-bond donors (Lipinski definition) is 1. The molecule has 7 rings (SSSR count). The molecule has 2 N–H and O–H groups in total. The van der Waals surface area contributed by atoms with Gasteiger partial charge in [0.25, 0.3) is 0 Å². The van der Waals surface area contributed by atoms with Gasteiger partial charge in [0, 0.05) is 17.3 Å². The molecule has 0 spiro atoms. The van der Waals surface area contributed by atoms with Crippen LogP contribution in [0.1, 0.15) is 56.2 Å². The summed E-state index contributed by atoms with van der Waals surface area (Å²) >= 11 is 0. The minimum absolute atomic E-state index is 0.617. The Bertz CT molecular complexity index is 2210. The van der Waals surface area contributed by atoms with E-state index in [1.165, 1.54) is 33.0 Å². The Morgan fingerprint density at radius 3 is 2.08 bits per heavy atom. The Morgan fingerprint density at radius 2 is 1.30 bits per heavy atom. The lowest BCUT2D eigenvalue weighted by atomic mass is 9.90. The molecule has 6 aromatic rings. The largest absolute Gasteiger partial charge is 0.457 e. The van der Waals surface area contributed by atoms with Crippen LogP contribution in [0.25, 0.3) is 56.3 Å². The minimum atomic E-state index is 0.617. The summed E-state index contributed by atoms with van der Waals surface area (Å²) in [7, 11) is 0. The second kappa shape index (κ2) is 15.3. The van der Waals surface area contributed by atoms with E-state index in [4.69, 9.17) is 10.5 Å². The van der Waals surface area contributed by atoms with E-state index >= 15 is 0 Å². The van der Waals surface area contributed by atoms with E-state index < -0.39 is 0 Å². The van der Waals surface area contributed by atoms with E-state index in [1.807, 2.05) is 24.3 Å². The summed E-state index contributed by atoms with van der Waals surface area (Å²) in [5.74, 6) is 2.21. The fraction of sp³-hybridized carbons (Fsp3) is 0.167. The summed E-state index contributed by atoms with van der Waals surface area (Å²) in [5, 5.41) is 2.46. The Kier molecular flexibility index (Phi) is 10.1. The molecule has 0 unspecified atom stereocenters. The van der Waals surface area contributed by atoms with E-state index in [0.717, 1.165) is 71.4 Å². The standard InChI is InChI=1S/C48H45NO/c1-3-34(4-2)14-13-20-37-17-11-12-21-48(37)50-45-26-27-46(47(49)33-45)44-31-42(40-24-22-35-15-7-5-6-8-18-38(35)28-40)30-43(32-44)41-25-23-36-16-9-10-19-39(36)29-41/h7-19,21-34H,3-6,20,49H2,1-2H3/b14-13+,15-7-,18-8+. The summed E-state index contributed by atoms with van der Waals surface area (Å²) < 4.78 is 6.46. The summed E-state index contributed by atoms with van der Waals surface area (Å²) in [6.45, 7) is 4.49. The number of para-hydroxylation sites is 1. The van der Waals surface area contributed by atoms with E-state index in [-0.39, 0.29) is 0 Å². The zero-order chi connectivity index (χ0) is 34.3. The van der Waals surface area contributed by atoms with E-state index in [2.05, 4.69) is 147 Å². The van der Waals surface area contributed by atoms with Gasteiger partial charge >= 0.3 is 0 Å². The first kappa shape index (κ1) is 32.9. The molecule has 0 bridgehead atoms. The predicted octanol–water partition coefficient (Wildman–Crippen LogP) is 13.6. The third kappa shape index (κ3) is 7.51. The number of anilines is 1. The summed E-state index contributed by atoms with van der Waals surface area (Å²) in [6, 6.07) is 43.2.